The van der Waals surface area contributed by atoms with Gasteiger partial charge in [0.2, 0.25) is 0 Å². The Kier molecular flexibility index (Phi) is 10.0. The lowest BCUT2D eigenvalue weighted by molar-refractivity contribution is -0.172. The van der Waals surface area contributed by atoms with Crippen molar-refractivity contribution in [2.24, 2.45) is 0 Å². The highest BCUT2D eigenvalue weighted by Crippen LogP contribution is 2.19. The molecule has 0 unspecified atom stereocenters. The highest BCUT2D eigenvalue weighted by Gasteiger charge is 2.20. The molecule has 0 aliphatic heterocycles. The van der Waals surface area contributed by atoms with E-state index < -0.39 is 5.79 Å². The van der Waals surface area contributed by atoms with Crippen molar-refractivity contribution in [2.75, 3.05) is 0 Å². The molecule has 0 bridgehead atoms. The maximum absolute atomic E-state index is 9.70. The van der Waals surface area contributed by atoms with E-state index in [0.717, 1.165) is 32.1 Å². The van der Waals surface area contributed by atoms with Crippen molar-refractivity contribution in [1.82, 2.24) is 0 Å². The summed E-state index contributed by atoms with van der Waals surface area (Å²) < 4.78 is 0. The summed E-state index contributed by atoms with van der Waals surface area (Å²) in [5.74, 6) is -1.40. The first-order chi connectivity index (χ1) is 7.62. The van der Waals surface area contributed by atoms with Crippen LogP contribution in [0.15, 0.2) is 0 Å². The van der Waals surface area contributed by atoms with E-state index in [1.54, 1.807) is 0 Å². The molecule has 0 saturated carbocycles. The molecule has 0 aliphatic carbocycles. The SMILES string of the molecule is CCCCCCCCC(O)(O)CCCCC. The summed E-state index contributed by atoms with van der Waals surface area (Å²) >= 11 is 0. The summed E-state index contributed by atoms with van der Waals surface area (Å²) in [6.45, 7) is 4.34. The van der Waals surface area contributed by atoms with Crippen molar-refractivity contribution in [1.29, 1.82) is 0 Å². The first-order valence-corrected chi connectivity index (χ1v) is 7.07. The number of rotatable bonds is 11. The molecule has 0 aromatic rings. The maximum Gasteiger partial charge on any atom is 0.162 e. The molecule has 0 fully saturated rings. The van der Waals surface area contributed by atoms with Gasteiger partial charge in [-0.3, -0.25) is 0 Å². The summed E-state index contributed by atoms with van der Waals surface area (Å²) in [5, 5.41) is 19.4. The van der Waals surface area contributed by atoms with E-state index in [4.69, 9.17) is 0 Å². The normalized spacial score (nSPS) is 12.0. The third-order valence-corrected chi connectivity index (χ3v) is 3.11. The minimum Gasteiger partial charge on any atom is -0.366 e. The summed E-state index contributed by atoms with van der Waals surface area (Å²) in [5.41, 5.74) is 0. The molecule has 0 saturated heterocycles. The zero-order valence-electron chi connectivity index (χ0n) is 11.2. The zero-order valence-corrected chi connectivity index (χ0v) is 11.2. The molecular formula is C14H30O2. The summed E-state index contributed by atoms with van der Waals surface area (Å²) in [4.78, 5) is 0. The van der Waals surface area contributed by atoms with E-state index in [1.165, 1.54) is 25.7 Å². The van der Waals surface area contributed by atoms with Gasteiger partial charge in [0.25, 0.3) is 0 Å². The third-order valence-electron chi connectivity index (χ3n) is 3.11. The standard InChI is InChI=1S/C14H30O2/c1-3-5-7-8-9-11-13-14(15,16)12-10-6-4-2/h15-16H,3-13H2,1-2H3. The second-order valence-electron chi connectivity index (χ2n) is 4.96. The van der Waals surface area contributed by atoms with Gasteiger partial charge in [0.1, 0.15) is 0 Å². The third kappa shape index (κ3) is 10.4. The largest absolute Gasteiger partial charge is 0.366 e. The zero-order chi connectivity index (χ0) is 12.3. The van der Waals surface area contributed by atoms with E-state index in [1.807, 2.05) is 0 Å². The van der Waals surface area contributed by atoms with Gasteiger partial charge in [0.05, 0.1) is 0 Å². The summed E-state index contributed by atoms with van der Waals surface area (Å²) in [6.07, 6.45) is 11.4. The molecule has 0 aliphatic rings. The Morgan fingerprint density at radius 2 is 1.00 bits per heavy atom. The number of hydrogen-bond acceptors (Lipinski definition) is 2. The van der Waals surface area contributed by atoms with Crippen LogP contribution in [0, 0.1) is 0 Å². The van der Waals surface area contributed by atoms with Gasteiger partial charge in [0, 0.05) is 12.8 Å². The Morgan fingerprint density at radius 3 is 1.56 bits per heavy atom. The van der Waals surface area contributed by atoms with Crippen molar-refractivity contribution in [3.8, 4) is 0 Å². The van der Waals surface area contributed by atoms with E-state index in [-0.39, 0.29) is 0 Å². The van der Waals surface area contributed by atoms with Gasteiger partial charge in [-0.15, -0.1) is 0 Å². The second kappa shape index (κ2) is 10.1. The molecule has 0 radical (unpaired) electrons. The van der Waals surface area contributed by atoms with Crippen LogP contribution >= 0.6 is 0 Å². The van der Waals surface area contributed by atoms with Crippen LogP contribution < -0.4 is 0 Å². The number of unbranched alkanes of at least 4 members (excludes halogenated alkanes) is 7. The van der Waals surface area contributed by atoms with Crippen molar-refractivity contribution in [3.63, 3.8) is 0 Å². The van der Waals surface area contributed by atoms with Gasteiger partial charge in [-0.1, -0.05) is 58.8 Å². The van der Waals surface area contributed by atoms with Crippen LogP contribution in [-0.4, -0.2) is 16.0 Å². The van der Waals surface area contributed by atoms with Gasteiger partial charge in [-0.05, 0) is 12.8 Å². The van der Waals surface area contributed by atoms with Crippen LogP contribution in [0.25, 0.3) is 0 Å². The summed E-state index contributed by atoms with van der Waals surface area (Å²) in [7, 11) is 0. The van der Waals surface area contributed by atoms with E-state index >= 15 is 0 Å². The van der Waals surface area contributed by atoms with Crippen molar-refractivity contribution in [3.05, 3.63) is 0 Å². The Morgan fingerprint density at radius 1 is 0.625 bits per heavy atom. The molecule has 0 aromatic heterocycles. The summed E-state index contributed by atoms with van der Waals surface area (Å²) in [6, 6.07) is 0. The average molecular weight is 230 g/mol. The predicted octanol–water partition coefficient (Wildman–Crippen LogP) is 4.00. The van der Waals surface area contributed by atoms with Crippen LogP contribution in [0.1, 0.15) is 84.5 Å². The highest BCUT2D eigenvalue weighted by atomic mass is 16.5. The molecule has 16 heavy (non-hydrogen) atoms. The average Bonchev–Trinajstić information content (AvgIpc) is 2.23. The smallest absolute Gasteiger partial charge is 0.162 e. The topological polar surface area (TPSA) is 40.5 Å². The van der Waals surface area contributed by atoms with Crippen LogP contribution in [-0.2, 0) is 0 Å². The van der Waals surface area contributed by atoms with Crippen LogP contribution in [0.2, 0.25) is 0 Å². The molecule has 0 rings (SSSR count). The van der Waals surface area contributed by atoms with Gasteiger partial charge in [0.15, 0.2) is 5.79 Å². The fourth-order valence-corrected chi connectivity index (χ4v) is 1.97. The minimum atomic E-state index is -1.40. The first-order valence-electron chi connectivity index (χ1n) is 7.07. The van der Waals surface area contributed by atoms with Gasteiger partial charge in [-0.25, -0.2) is 0 Å². The lowest BCUT2D eigenvalue weighted by atomic mass is 10.0. The molecule has 2 heteroatoms. The monoisotopic (exact) mass is 230 g/mol. The number of aliphatic hydroxyl groups is 2. The van der Waals surface area contributed by atoms with E-state index in [2.05, 4.69) is 13.8 Å². The van der Waals surface area contributed by atoms with Gasteiger partial charge in [-0.2, -0.15) is 0 Å². The molecular weight excluding hydrogens is 200 g/mol. The van der Waals surface area contributed by atoms with Gasteiger partial charge < -0.3 is 10.2 Å². The molecule has 98 valence electrons. The molecule has 0 heterocycles. The molecule has 0 spiro atoms. The van der Waals surface area contributed by atoms with Crippen molar-refractivity contribution in [2.45, 2.75) is 90.3 Å². The first kappa shape index (κ1) is 15.9. The van der Waals surface area contributed by atoms with Crippen LogP contribution in [0.4, 0.5) is 0 Å². The van der Waals surface area contributed by atoms with Gasteiger partial charge >= 0.3 is 0 Å². The Hall–Kier alpha value is -0.0800. The molecule has 0 atom stereocenters. The maximum atomic E-state index is 9.70. The molecule has 0 amide bonds. The second-order valence-corrected chi connectivity index (χ2v) is 4.96. The molecule has 2 N–H and O–H groups in total. The lowest BCUT2D eigenvalue weighted by Crippen LogP contribution is -2.27. The fraction of sp³-hybridized carbons (Fsp3) is 1.00. The van der Waals surface area contributed by atoms with E-state index in [9.17, 15) is 10.2 Å². The Labute approximate surface area is 101 Å². The Balaban J connectivity index is 3.35. The fourth-order valence-electron chi connectivity index (χ4n) is 1.97. The lowest BCUT2D eigenvalue weighted by Gasteiger charge is -2.21. The minimum absolute atomic E-state index is 0.538. The van der Waals surface area contributed by atoms with Crippen molar-refractivity contribution >= 4 is 0 Å². The van der Waals surface area contributed by atoms with E-state index in [0.29, 0.717) is 12.8 Å². The quantitative estimate of drug-likeness (QED) is 0.416. The predicted molar refractivity (Wildman–Crippen MR) is 69.3 cm³/mol. The number of hydrogen-bond donors (Lipinski definition) is 2. The molecule has 0 aromatic carbocycles. The Bertz CT molecular complexity index is 144. The van der Waals surface area contributed by atoms with Crippen LogP contribution in [0.5, 0.6) is 0 Å². The van der Waals surface area contributed by atoms with Crippen LogP contribution in [0.3, 0.4) is 0 Å². The van der Waals surface area contributed by atoms with Crippen molar-refractivity contribution < 1.29 is 10.2 Å². The highest BCUT2D eigenvalue weighted by molar-refractivity contribution is 4.64. The molecule has 2 nitrogen and oxygen atoms in total.